The van der Waals surface area contributed by atoms with Crippen molar-refractivity contribution in [2.75, 3.05) is 0 Å². The van der Waals surface area contributed by atoms with Crippen LogP contribution < -0.4 is 0 Å². The smallest absolute Gasteiger partial charge is 0.303 e. The van der Waals surface area contributed by atoms with E-state index < -0.39 is 5.97 Å². The third kappa shape index (κ3) is 15.6. The lowest BCUT2D eigenvalue weighted by molar-refractivity contribution is -0.137. The molecule has 1 atom stereocenters. The molecule has 0 radical (unpaired) electrons. The van der Waals surface area contributed by atoms with Gasteiger partial charge in [-0.25, -0.2) is 0 Å². The van der Waals surface area contributed by atoms with E-state index in [1.807, 2.05) is 6.92 Å². The van der Waals surface area contributed by atoms with Crippen molar-refractivity contribution in [1.29, 1.82) is 0 Å². The Morgan fingerprint density at radius 2 is 1.52 bits per heavy atom. The molecule has 0 aliphatic carbocycles. The average molecular weight is 323 g/mol. The molecule has 0 amide bonds. The maximum atomic E-state index is 10.7. The van der Waals surface area contributed by atoms with Gasteiger partial charge in [0.2, 0.25) is 0 Å². The normalized spacial score (nSPS) is 14.1. The van der Waals surface area contributed by atoms with Crippen molar-refractivity contribution >= 4 is 5.97 Å². The van der Waals surface area contributed by atoms with Crippen LogP contribution in [0, 0.1) is 5.92 Å². The van der Waals surface area contributed by atoms with Gasteiger partial charge in [-0.2, -0.15) is 0 Å². The molecular formula is C21H38O2. The fourth-order valence-corrected chi connectivity index (χ4v) is 3.02. The molecule has 0 heterocycles. The molecule has 0 saturated carbocycles. The van der Waals surface area contributed by atoms with Gasteiger partial charge in [-0.15, -0.1) is 0 Å². The Labute approximate surface area is 144 Å². The van der Waals surface area contributed by atoms with Crippen LogP contribution in [-0.2, 0) is 4.79 Å². The Morgan fingerprint density at radius 1 is 0.957 bits per heavy atom. The van der Waals surface area contributed by atoms with Gasteiger partial charge in [0.25, 0.3) is 0 Å². The molecule has 0 bridgehead atoms. The molecule has 1 N–H and O–H groups in total. The molecule has 0 spiro atoms. The first kappa shape index (κ1) is 21.9. The third-order valence-electron chi connectivity index (χ3n) is 4.17. The summed E-state index contributed by atoms with van der Waals surface area (Å²) in [5.41, 5.74) is 2.69. The molecule has 0 aliphatic rings. The zero-order valence-electron chi connectivity index (χ0n) is 15.9. The first-order valence-electron chi connectivity index (χ1n) is 9.50. The first-order valence-corrected chi connectivity index (χ1v) is 9.50. The number of hydrogen-bond acceptors (Lipinski definition) is 1. The zero-order chi connectivity index (χ0) is 17.5. The highest BCUT2D eigenvalue weighted by Gasteiger charge is 2.05. The number of carboxylic acids is 1. The van der Waals surface area contributed by atoms with Crippen LogP contribution in [0.25, 0.3) is 0 Å². The third-order valence-corrected chi connectivity index (χ3v) is 4.17. The molecule has 0 fully saturated rings. The number of carboxylic acid groups (broad SMARTS) is 1. The van der Waals surface area contributed by atoms with Gasteiger partial charge in [0.15, 0.2) is 0 Å². The monoisotopic (exact) mass is 322 g/mol. The summed E-state index contributed by atoms with van der Waals surface area (Å²) in [6, 6.07) is 0. The SMILES string of the molecule is CCCCCCCCCC/C=C(/C)C/C(C)=C/[C@H](C)CC(=O)O. The van der Waals surface area contributed by atoms with Crippen molar-refractivity contribution in [3.05, 3.63) is 23.3 Å². The minimum atomic E-state index is -0.719. The van der Waals surface area contributed by atoms with E-state index in [0.717, 1.165) is 6.42 Å². The Balaban J connectivity index is 3.77. The molecule has 23 heavy (non-hydrogen) atoms. The molecule has 2 nitrogen and oxygen atoms in total. The number of carbonyl (C=O) groups is 1. The van der Waals surface area contributed by atoms with E-state index in [0.29, 0.717) is 0 Å². The van der Waals surface area contributed by atoms with Crippen LogP contribution in [0.3, 0.4) is 0 Å². The largest absolute Gasteiger partial charge is 0.481 e. The molecular weight excluding hydrogens is 284 g/mol. The van der Waals surface area contributed by atoms with Crippen LogP contribution in [0.15, 0.2) is 23.3 Å². The summed E-state index contributed by atoms with van der Waals surface area (Å²) >= 11 is 0. The fraction of sp³-hybridized carbons (Fsp3) is 0.762. The van der Waals surface area contributed by atoms with E-state index in [9.17, 15) is 4.79 Å². The molecule has 0 aromatic heterocycles. The van der Waals surface area contributed by atoms with E-state index in [-0.39, 0.29) is 12.3 Å². The highest BCUT2D eigenvalue weighted by molar-refractivity contribution is 5.67. The van der Waals surface area contributed by atoms with Crippen LogP contribution in [-0.4, -0.2) is 11.1 Å². The first-order chi connectivity index (χ1) is 11.0. The predicted octanol–water partition coefficient (Wildman–Crippen LogP) is 6.91. The van der Waals surface area contributed by atoms with Gasteiger partial charge < -0.3 is 5.11 Å². The van der Waals surface area contributed by atoms with Crippen LogP contribution in [0.5, 0.6) is 0 Å². The lowest BCUT2D eigenvalue weighted by Crippen LogP contribution is -2.02. The second-order valence-corrected chi connectivity index (χ2v) is 7.08. The van der Waals surface area contributed by atoms with Gasteiger partial charge in [-0.05, 0) is 39.0 Å². The van der Waals surface area contributed by atoms with Gasteiger partial charge in [0.1, 0.15) is 0 Å². The lowest BCUT2D eigenvalue weighted by atomic mass is 9.99. The van der Waals surface area contributed by atoms with Crippen molar-refractivity contribution in [3.63, 3.8) is 0 Å². The van der Waals surface area contributed by atoms with E-state index >= 15 is 0 Å². The summed E-state index contributed by atoms with van der Waals surface area (Å²) in [7, 11) is 0. The topological polar surface area (TPSA) is 37.3 Å². The van der Waals surface area contributed by atoms with Crippen molar-refractivity contribution in [2.24, 2.45) is 5.92 Å². The van der Waals surface area contributed by atoms with Gasteiger partial charge in [-0.3, -0.25) is 4.79 Å². The number of aliphatic carboxylic acids is 1. The van der Waals surface area contributed by atoms with Crippen molar-refractivity contribution < 1.29 is 9.90 Å². The summed E-state index contributed by atoms with van der Waals surface area (Å²) in [6.45, 7) is 8.52. The van der Waals surface area contributed by atoms with Crippen LogP contribution >= 0.6 is 0 Å². The Hall–Kier alpha value is -1.05. The summed E-state index contributed by atoms with van der Waals surface area (Å²) in [5, 5.41) is 8.79. The molecule has 0 aliphatic heterocycles. The van der Waals surface area contributed by atoms with Gasteiger partial charge in [-0.1, -0.05) is 82.1 Å². The van der Waals surface area contributed by atoms with Gasteiger partial charge in [0.05, 0.1) is 6.42 Å². The molecule has 2 heteroatoms. The maximum absolute atomic E-state index is 10.7. The lowest BCUT2D eigenvalue weighted by Gasteiger charge is -2.07. The maximum Gasteiger partial charge on any atom is 0.303 e. The molecule has 0 aromatic carbocycles. The molecule has 0 aromatic rings. The predicted molar refractivity (Wildman–Crippen MR) is 101 cm³/mol. The van der Waals surface area contributed by atoms with Gasteiger partial charge >= 0.3 is 5.97 Å². The van der Waals surface area contributed by atoms with E-state index in [4.69, 9.17) is 5.11 Å². The minimum absolute atomic E-state index is 0.119. The Kier molecular flexibility index (Phi) is 13.9. The summed E-state index contributed by atoms with van der Waals surface area (Å²) < 4.78 is 0. The number of hydrogen-bond donors (Lipinski definition) is 1. The minimum Gasteiger partial charge on any atom is -0.481 e. The fourth-order valence-electron chi connectivity index (χ4n) is 3.02. The highest BCUT2D eigenvalue weighted by Crippen LogP contribution is 2.16. The Morgan fingerprint density at radius 3 is 2.09 bits per heavy atom. The number of unbranched alkanes of at least 4 members (excludes halogenated alkanes) is 8. The molecule has 0 rings (SSSR count). The van der Waals surface area contributed by atoms with E-state index in [1.54, 1.807) is 0 Å². The molecule has 134 valence electrons. The zero-order valence-corrected chi connectivity index (χ0v) is 15.9. The van der Waals surface area contributed by atoms with Crippen LogP contribution in [0.2, 0.25) is 0 Å². The molecule has 0 unspecified atom stereocenters. The van der Waals surface area contributed by atoms with Crippen LogP contribution in [0.4, 0.5) is 0 Å². The standard InChI is InChI=1S/C21H38O2/c1-5-6-7-8-9-10-11-12-13-14-18(2)15-19(3)16-20(4)17-21(22)23/h14,16,20H,5-13,15,17H2,1-4H3,(H,22,23)/b18-14-,19-16+/t20-/m0/s1. The van der Waals surface area contributed by atoms with Crippen LogP contribution in [0.1, 0.15) is 98.3 Å². The number of allylic oxidation sites excluding steroid dienone is 4. The van der Waals surface area contributed by atoms with Crippen molar-refractivity contribution in [3.8, 4) is 0 Å². The summed E-state index contributed by atoms with van der Waals surface area (Å²) in [4.78, 5) is 10.7. The van der Waals surface area contributed by atoms with E-state index in [2.05, 4.69) is 32.9 Å². The summed E-state index contributed by atoms with van der Waals surface area (Å²) in [5.74, 6) is -0.600. The highest BCUT2D eigenvalue weighted by atomic mass is 16.4. The van der Waals surface area contributed by atoms with Crippen molar-refractivity contribution in [2.45, 2.75) is 98.3 Å². The van der Waals surface area contributed by atoms with E-state index in [1.165, 1.54) is 68.9 Å². The average Bonchev–Trinajstić information content (AvgIpc) is 2.44. The van der Waals surface area contributed by atoms with Gasteiger partial charge in [0, 0.05) is 0 Å². The second kappa shape index (κ2) is 14.5. The number of rotatable bonds is 14. The summed E-state index contributed by atoms with van der Waals surface area (Å²) in [6.07, 6.45) is 17.8. The second-order valence-electron chi connectivity index (χ2n) is 7.08. The Bertz CT molecular complexity index is 366. The van der Waals surface area contributed by atoms with Crippen molar-refractivity contribution in [1.82, 2.24) is 0 Å². The quantitative estimate of drug-likeness (QED) is 0.278. The molecule has 0 saturated heterocycles.